The number of halogens is 1. The van der Waals surface area contributed by atoms with Gasteiger partial charge >= 0.3 is 6.09 Å². The summed E-state index contributed by atoms with van der Waals surface area (Å²) in [4.78, 5) is 11.2. The van der Waals surface area contributed by atoms with Crippen molar-refractivity contribution in [3.05, 3.63) is 35.9 Å². The van der Waals surface area contributed by atoms with E-state index in [-0.39, 0.29) is 12.6 Å². The molecule has 1 amide bonds. The second-order valence-corrected chi connectivity index (χ2v) is 3.57. The topological polar surface area (TPSA) is 38.3 Å². The summed E-state index contributed by atoms with van der Waals surface area (Å²) in [6.45, 7) is 2.10. The zero-order chi connectivity index (χ0) is 11.1. The van der Waals surface area contributed by atoms with Crippen molar-refractivity contribution in [2.45, 2.75) is 19.6 Å². The molecule has 0 aromatic heterocycles. The average molecular weight is 228 g/mol. The van der Waals surface area contributed by atoms with Gasteiger partial charge in [0.2, 0.25) is 0 Å². The Bertz CT molecular complexity index is 303. The van der Waals surface area contributed by atoms with E-state index in [2.05, 4.69) is 5.32 Å². The maximum atomic E-state index is 11.2. The fourth-order valence-electron chi connectivity index (χ4n) is 1.00. The first-order valence-corrected chi connectivity index (χ1v) is 5.29. The van der Waals surface area contributed by atoms with Gasteiger partial charge in [0.15, 0.2) is 0 Å². The highest BCUT2D eigenvalue weighted by atomic mass is 35.5. The lowest BCUT2D eigenvalue weighted by molar-refractivity contribution is 0.137. The quantitative estimate of drug-likeness (QED) is 0.803. The van der Waals surface area contributed by atoms with E-state index >= 15 is 0 Å². The highest BCUT2D eigenvalue weighted by molar-refractivity contribution is 6.18. The van der Waals surface area contributed by atoms with Crippen molar-refractivity contribution in [2.24, 2.45) is 0 Å². The van der Waals surface area contributed by atoms with Crippen LogP contribution in [0.3, 0.4) is 0 Å². The molecule has 0 aliphatic heterocycles. The van der Waals surface area contributed by atoms with Gasteiger partial charge < -0.3 is 10.1 Å². The molecule has 0 spiro atoms. The number of nitrogens with one attached hydrogen (secondary N) is 1. The molecule has 4 heteroatoms. The lowest BCUT2D eigenvalue weighted by Crippen LogP contribution is -2.34. The molecule has 0 saturated heterocycles. The predicted octanol–water partition coefficient (Wildman–Crippen LogP) is 2.54. The summed E-state index contributed by atoms with van der Waals surface area (Å²) in [6, 6.07) is 9.45. The smallest absolute Gasteiger partial charge is 0.407 e. The van der Waals surface area contributed by atoms with E-state index in [1.807, 2.05) is 37.3 Å². The Labute approximate surface area is 94.4 Å². The van der Waals surface area contributed by atoms with Gasteiger partial charge in [-0.25, -0.2) is 4.79 Å². The first-order chi connectivity index (χ1) is 7.22. The zero-order valence-electron chi connectivity index (χ0n) is 8.57. The number of amides is 1. The maximum absolute atomic E-state index is 11.2. The van der Waals surface area contributed by atoms with Gasteiger partial charge in [0, 0.05) is 11.9 Å². The van der Waals surface area contributed by atoms with Crippen molar-refractivity contribution in [2.75, 3.05) is 5.88 Å². The van der Waals surface area contributed by atoms with Gasteiger partial charge in [0.25, 0.3) is 0 Å². The first kappa shape index (κ1) is 11.9. The van der Waals surface area contributed by atoms with Gasteiger partial charge in [-0.3, -0.25) is 0 Å². The van der Waals surface area contributed by atoms with Crippen molar-refractivity contribution in [3.8, 4) is 0 Å². The van der Waals surface area contributed by atoms with E-state index in [1.165, 1.54) is 0 Å². The molecule has 0 heterocycles. The minimum atomic E-state index is -0.438. The van der Waals surface area contributed by atoms with E-state index in [0.29, 0.717) is 5.88 Å². The Kier molecular flexibility index (Phi) is 4.98. The van der Waals surface area contributed by atoms with Gasteiger partial charge in [-0.05, 0) is 12.5 Å². The molecule has 0 aliphatic carbocycles. The second kappa shape index (κ2) is 6.30. The van der Waals surface area contributed by atoms with E-state index < -0.39 is 6.09 Å². The average Bonchev–Trinajstić information content (AvgIpc) is 2.27. The van der Waals surface area contributed by atoms with E-state index in [0.717, 1.165) is 5.56 Å². The van der Waals surface area contributed by atoms with Crippen LogP contribution in [-0.4, -0.2) is 18.0 Å². The number of alkyl halides is 1. The molecule has 82 valence electrons. The van der Waals surface area contributed by atoms with Crippen LogP contribution >= 0.6 is 11.6 Å². The largest absolute Gasteiger partial charge is 0.445 e. The summed E-state index contributed by atoms with van der Waals surface area (Å²) in [6.07, 6.45) is -0.438. The minimum absolute atomic E-state index is 0.0741. The second-order valence-electron chi connectivity index (χ2n) is 3.26. The SMILES string of the molecule is C[C@@H](CCl)NC(=O)OCc1ccccc1. The summed E-state index contributed by atoms with van der Waals surface area (Å²) in [5.74, 6) is 0.375. The molecular formula is C11H14ClNO2. The molecule has 1 N–H and O–H groups in total. The Hall–Kier alpha value is -1.22. The monoisotopic (exact) mass is 227 g/mol. The van der Waals surface area contributed by atoms with Crippen molar-refractivity contribution >= 4 is 17.7 Å². The normalized spacial score (nSPS) is 11.9. The van der Waals surface area contributed by atoms with Crippen LogP contribution in [0.2, 0.25) is 0 Å². The number of alkyl carbamates (subject to hydrolysis) is 1. The van der Waals surface area contributed by atoms with Crippen LogP contribution in [0.5, 0.6) is 0 Å². The summed E-state index contributed by atoms with van der Waals surface area (Å²) >= 11 is 5.54. The maximum Gasteiger partial charge on any atom is 0.407 e. The van der Waals surface area contributed by atoms with Gasteiger partial charge in [-0.2, -0.15) is 0 Å². The summed E-state index contributed by atoms with van der Waals surface area (Å²) in [5.41, 5.74) is 0.964. The predicted molar refractivity (Wildman–Crippen MR) is 59.9 cm³/mol. The van der Waals surface area contributed by atoms with E-state index in [9.17, 15) is 4.79 Å². The highest BCUT2D eigenvalue weighted by Gasteiger charge is 2.06. The van der Waals surface area contributed by atoms with Gasteiger partial charge in [-0.15, -0.1) is 11.6 Å². The number of hydrogen-bond donors (Lipinski definition) is 1. The third kappa shape index (κ3) is 4.70. The van der Waals surface area contributed by atoms with Crippen LogP contribution in [0.1, 0.15) is 12.5 Å². The van der Waals surface area contributed by atoms with Crippen LogP contribution in [-0.2, 0) is 11.3 Å². The number of carbonyl (C=O) groups excluding carboxylic acids is 1. The Morgan fingerprint density at radius 3 is 2.73 bits per heavy atom. The standard InChI is InChI=1S/C11H14ClNO2/c1-9(7-12)13-11(14)15-8-10-5-3-2-4-6-10/h2-6,9H,7-8H2,1H3,(H,13,14)/t9-/m0/s1. The lowest BCUT2D eigenvalue weighted by Gasteiger charge is -2.10. The van der Waals surface area contributed by atoms with Gasteiger partial charge in [-0.1, -0.05) is 30.3 Å². The summed E-state index contributed by atoms with van der Waals surface area (Å²) < 4.78 is 4.99. The third-order valence-electron chi connectivity index (χ3n) is 1.81. The molecular weight excluding hydrogens is 214 g/mol. The zero-order valence-corrected chi connectivity index (χ0v) is 9.33. The van der Waals surface area contributed by atoms with Crippen molar-refractivity contribution in [3.63, 3.8) is 0 Å². The molecule has 1 aromatic carbocycles. The number of ether oxygens (including phenoxy) is 1. The molecule has 1 atom stereocenters. The molecule has 15 heavy (non-hydrogen) atoms. The number of benzene rings is 1. The molecule has 0 aliphatic rings. The molecule has 0 unspecified atom stereocenters. The van der Waals surface area contributed by atoms with Gasteiger partial charge in [0.05, 0.1) is 0 Å². The molecule has 0 bridgehead atoms. The Morgan fingerprint density at radius 1 is 1.47 bits per heavy atom. The number of rotatable bonds is 4. The van der Waals surface area contributed by atoms with Crippen molar-refractivity contribution < 1.29 is 9.53 Å². The van der Waals surface area contributed by atoms with Crippen LogP contribution in [0.4, 0.5) is 4.79 Å². The van der Waals surface area contributed by atoms with Gasteiger partial charge in [0.1, 0.15) is 6.61 Å². The van der Waals surface area contributed by atoms with E-state index in [4.69, 9.17) is 16.3 Å². The lowest BCUT2D eigenvalue weighted by atomic mass is 10.2. The van der Waals surface area contributed by atoms with Crippen LogP contribution < -0.4 is 5.32 Å². The van der Waals surface area contributed by atoms with Crippen molar-refractivity contribution in [1.82, 2.24) is 5.32 Å². The van der Waals surface area contributed by atoms with Crippen molar-refractivity contribution in [1.29, 1.82) is 0 Å². The molecule has 0 saturated carbocycles. The molecule has 0 radical (unpaired) electrons. The van der Waals surface area contributed by atoms with E-state index in [1.54, 1.807) is 0 Å². The Morgan fingerprint density at radius 2 is 2.13 bits per heavy atom. The summed E-state index contributed by atoms with van der Waals surface area (Å²) in [7, 11) is 0. The number of hydrogen-bond acceptors (Lipinski definition) is 2. The van der Waals surface area contributed by atoms with Crippen LogP contribution in [0.15, 0.2) is 30.3 Å². The van der Waals surface area contributed by atoms with Crippen LogP contribution in [0, 0.1) is 0 Å². The highest BCUT2D eigenvalue weighted by Crippen LogP contribution is 2.00. The fraction of sp³-hybridized carbons (Fsp3) is 0.364. The molecule has 0 fully saturated rings. The first-order valence-electron chi connectivity index (χ1n) is 4.75. The van der Waals surface area contributed by atoms with Crippen LogP contribution in [0.25, 0.3) is 0 Å². The summed E-state index contributed by atoms with van der Waals surface area (Å²) in [5, 5.41) is 2.61. The molecule has 1 rings (SSSR count). The molecule has 1 aromatic rings. The minimum Gasteiger partial charge on any atom is -0.445 e. The Balaban J connectivity index is 2.29. The number of carbonyl (C=O) groups is 1. The third-order valence-corrected chi connectivity index (χ3v) is 2.27. The fourth-order valence-corrected chi connectivity index (χ4v) is 1.08. The molecule has 3 nitrogen and oxygen atoms in total.